The average molecular weight is 469 g/mol. The summed E-state index contributed by atoms with van der Waals surface area (Å²) in [6.45, 7) is 4.22. The van der Waals surface area contributed by atoms with E-state index in [0.29, 0.717) is 34.8 Å². The van der Waals surface area contributed by atoms with E-state index < -0.39 is 12.0 Å². The number of esters is 1. The molecule has 0 fully saturated rings. The van der Waals surface area contributed by atoms with Crippen LogP contribution in [0.4, 0.5) is 21.0 Å². The Labute approximate surface area is 197 Å². The van der Waals surface area contributed by atoms with Crippen LogP contribution < -0.4 is 16.0 Å². The van der Waals surface area contributed by atoms with Crippen LogP contribution in [0.25, 0.3) is 0 Å². The highest BCUT2D eigenvalue weighted by Crippen LogP contribution is 2.32. The Kier molecular flexibility index (Phi) is 8.00. The number of thioether (sulfide) groups is 1. The molecule has 0 saturated carbocycles. The molecule has 0 unspecified atom stereocenters. The van der Waals surface area contributed by atoms with Crippen LogP contribution in [-0.4, -0.2) is 42.8 Å². The minimum Gasteiger partial charge on any atom is -0.466 e. The maximum atomic E-state index is 12.6. The molecule has 0 aliphatic carbocycles. The summed E-state index contributed by atoms with van der Waals surface area (Å²) in [6.07, 6.45) is 2.75. The average Bonchev–Trinajstić information content (AvgIpc) is 2.82. The van der Waals surface area contributed by atoms with Crippen molar-refractivity contribution in [2.24, 2.45) is 0 Å². The topological polar surface area (TPSA) is 99.8 Å². The number of ether oxygens (including phenoxy) is 1. The van der Waals surface area contributed by atoms with Gasteiger partial charge in [-0.05, 0) is 61.6 Å². The second-order valence-electron chi connectivity index (χ2n) is 7.45. The Morgan fingerprint density at radius 3 is 2.15 bits per heavy atom. The van der Waals surface area contributed by atoms with Gasteiger partial charge in [-0.25, -0.2) is 14.4 Å². The standard InChI is InChI=1S/C24H28N4O4S/c1-5-14-28-15(2)20(22(29)32-3)21(27-24(28)31)16-6-8-17(9-7-16)25-23(30)26-18-10-12-19(33-4)13-11-18/h6-13,21H,5,14H2,1-4H3,(H,27,31)(H2,25,26,30)/t21-/m1/s1. The summed E-state index contributed by atoms with van der Waals surface area (Å²) in [5.41, 5.74) is 2.93. The summed E-state index contributed by atoms with van der Waals surface area (Å²) in [4.78, 5) is 40.1. The Morgan fingerprint density at radius 2 is 1.64 bits per heavy atom. The van der Waals surface area contributed by atoms with Gasteiger partial charge in [-0.1, -0.05) is 19.1 Å². The van der Waals surface area contributed by atoms with E-state index in [-0.39, 0.29) is 12.1 Å². The van der Waals surface area contributed by atoms with Gasteiger partial charge in [0.15, 0.2) is 0 Å². The second-order valence-corrected chi connectivity index (χ2v) is 8.33. The van der Waals surface area contributed by atoms with Crippen LogP contribution >= 0.6 is 11.8 Å². The molecule has 8 nitrogen and oxygen atoms in total. The van der Waals surface area contributed by atoms with Gasteiger partial charge in [-0.2, -0.15) is 0 Å². The van der Waals surface area contributed by atoms with Crippen LogP contribution in [0.5, 0.6) is 0 Å². The number of urea groups is 2. The lowest BCUT2D eigenvalue weighted by atomic mass is 9.94. The maximum absolute atomic E-state index is 12.6. The fourth-order valence-corrected chi connectivity index (χ4v) is 4.03. The van der Waals surface area contributed by atoms with Crippen LogP contribution in [0.2, 0.25) is 0 Å². The summed E-state index contributed by atoms with van der Waals surface area (Å²) in [6, 6.07) is 13.2. The van der Waals surface area contributed by atoms with Crippen molar-refractivity contribution in [3.63, 3.8) is 0 Å². The number of allylic oxidation sites excluding steroid dienone is 1. The van der Waals surface area contributed by atoms with Gasteiger partial charge in [0, 0.05) is 28.5 Å². The lowest BCUT2D eigenvalue weighted by Crippen LogP contribution is -2.48. The number of hydrogen-bond donors (Lipinski definition) is 3. The molecule has 9 heteroatoms. The molecule has 1 atom stereocenters. The highest BCUT2D eigenvalue weighted by atomic mass is 32.2. The number of carbonyl (C=O) groups is 3. The predicted molar refractivity (Wildman–Crippen MR) is 130 cm³/mol. The maximum Gasteiger partial charge on any atom is 0.337 e. The zero-order valence-electron chi connectivity index (χ0n) is 19.1. The third-order valence-electron chi connectivity index (χ3n) is 5.30. The molecule has 1 heterocycles. The largest absolute Gasteiger partial charge is 0.466 e. The van der Waals surface area contributed by atoms with E-state index in [0.717, 1.165) is 11.3 Å². The molecule has 3 N–H and O–H groups in total. The van der Waals surface area contributed by atoms with Gasteiger partial charge in [0.05, 0.1) is 18.7 Å². The van der Waals surface area contributed by atoms with Crippen LogP contribution in [-0.2, 0) is 9.53 Å². The predicted octanol–water partition coefficient (Wildman–Crippen LogP) is 4.98. The van der Waals surface area contributed by atoms with Crippen LogP contribution in [0.15, 0.2) is 64.7 Å². The van der Waals surface area contributed by atoms with Gasteiger partial charge in [-0.3, -0.25) is 4.90 Å². The van der Waals surface area contributed by atoms with Crippen molar-refractivity contribution in [1.82, 2.24) is 10.2 Å². The summed E-state index contributed by atoms with van der Waals surface area (Å²) < 4.78 is 4.98. The molecule has 174 valence electrons. The first kappa shape index (κ1) is 24.2. The molecule has 0 spiro atoms. The van der Waals surface area contributed by atoms with E-state index in [1.807, 2.05) is 37.4 Å². The smallest absolute Gasteiger partial charge is 0.337 e. The Balaban J connectivity index is 1.75. The Morgan fingerprint density at radius 1 is 1.06 bits per heavy atom. The van der Waals surface area contributed by atoms with Crippen molar-refractivity contribution >= 4 is 41.2 Å². The van der Waals surface area contributed by atoms with Crippen molar-refractivity contribution in [2.75, 3.05) is 30.5 Å². The normalized spacial score (nSPS) is 15.7. The van der Waals surface area contributed by atoms with E-state index in [1.165, 1.54) is 7.11 Å². The van der Waals surface area contributed by atoms with Crippen LogP contribution in [0, 0.1) is 0 Å². The molecule has 0 bridgehead atoms. The molecule has 1 aliphatic heterocycles. The minimum absolute atomic E-state index is 0.263. The van der Waals surface area contributed by atoms with Crippen molar-refractivity contribution in [3.8, 4) is 0 Å². The zero-order valence-corrected chi connectivity index (χ0v) is 19.9. The zero-order chi connectivity index (χ0) is 24.0. The molecule has 1 aliphatic rings. The lowest BCUT2D eigenvalue weighted by Gasteiger charge is -2.35. The highest BCUT2D eigenvalue weighted by molar-refractivity contribution is 7.98. The Bertz CT molecular complexity index is 1050. The van der Waals surface area contributed by atoms with Crippen molar-refractivity contribution < 1.29 is 19.1 Å². The number of hydrogen-bond acceptors (Lipinski definition) is 5. The fourth-order valence-electron chi connectivity index (χ4n) is 3.63. The van der Waals surface area contributed by atoms with E-state index in [2.05, 4.69) is 16.0 Å². The van der Waals surface area contributed by atoms with E-state index in [1.54, 1.807) is 47.9 Å². The van der Waals surface area contributed by atoms with E-state index >= 15 is 0 Å². The van der Waals surface area contributed by atoms with Crippen LogP contribution in [0.3, 0.4) is 0 Å². The number of nitrogens with one attached hydrogen (secondary N) is 3. The molecule has 0 aromatic heterocycles. The molecule has 0 saturated heterocycles. The first-order chi connectivity index (χ1) is 15.9. The third-order valence-corrected chi connectivity index (χ3v) is 6.04. The molecule has 33 heavy (non-hydrogen) atoms. The van der Waals surface area contributed by atoms with Gasteiger partial charge >= 0.3 is 18.0 Å². The number of nitrogens with zero attached hydrogens (tertiary/aromatic N) is 1. The molecule has 2 aromatic rings. The van der Waals surface area contributed by atoms with Crippen molar-refractivity contribution in [1.29, 1.82) is 0 Å². The number of methoxy groups -OCH3 is 1. The monoisotopic (exact) mass is 468 g/mol. The lowest BCUT2D eigenvalue weighted by molar-refractivity contribution is -0.136. The number of amides is 4. The van der Waals surface area contributed by atoms with Gasteiger partial charge in [0.1, 0.15) is 0 Å². The third kappa shape index (κ3) is 5.67. The van der Waals surface area contributed by atoms with Crippen LogP contribution in [0.1, 0.15) is 31.9 Å². The van der Waals surface area contributed by atoms with E-state index in [9.17, 15) is 14.4 Å². The first-order valence-electron chi connectivity index (χ1n) is 10.6. The van der Waals surface area contributed by atoms with Gasteiger partial charge < -0.3 is 20.7 Å². The van der Waals surface area contributed by atoms with Gasteiger partial charge in [0.25, 0.3) is 0 Å². The van der Waals surface area contributed by atoms with Gasteiger partial charge in [-0.15, -0.1) is 11.8 Å². The summed E-state index contributed by atoms with van der Waals surface area (Å²) in [7, 11) is 1.32. The summed E-state index contributed by atoms with van der Waals surface area (Å²) >= 11 is 1.63. The molecule has 3 rings (SSSR count). The van der Waals surface area contributed by atoms with Gasteiger partial charge in [0.2, 0.25) is 0 Å². The van der Waals surface area contributed by atoms with Crippen molar-refractivity contribution in [2.45, 2.75) is 31.2 Å². The molecular formula is C24H28N4O4S. The number of rotatable bonds is 7. The SMILES string of the molecule is CCCN1C(=O)N[C@H](c2ccc(NC(=O)Nc3ccc(SC)cc3)cc2)C(C(=O)OC)=C1C. The van der Waals surface area contributed by atoms with E-state index in [4.69, 9.17) is 4.74 Å². The highest BCUT2D eigenvalue weighted by Gasteiger charge is 2.35. The number of carbonyl (C=O) groups excluding carboxylic acids is 3. The minimum atomic E-state index is -0.643. The quantitative estimate of drug-likeness (QED) is 0.393. The summed E-state index contributed by atoms with van der Waals surface area (Å²) in [5, 5.41) is 8.46. The number of benzene rings is 2. The molecule has 4 amide bonds. The number of anilines is 2. The molecule has 2 aromatic carbocycles. The summed E-state index contributed by atoms with van der Waals surface area (Å²) in [5.74, 6) is -0.493. The second kappa shape index (κ2) is 10.9. The first-order valence-corrected chi connectivity index (χ1v) is 11.8. The van der Waals surface area contributed by atoms with Crippen molar-refractivity contribution in [3.05, 3.63) is 65.4 Å². The Hall–Kier alpha value is -3.46. The molecule has 0 radical (unpaired) electrons. The fraction of sp³-hybridized carbons (Fsp3) is 0.292. The molecular weight excluding hydrogens is 440 g/mol.